The monoisotopic (exact) mass is 551 g/mol. The summed E-state index contributed by atoms with van der Waals surface area (Å²) in [4.78, 5) is 24.8. The average molecular weight is 552 g/mol. The molecular formula is C29H37N5O4S. The van der Waals surface area contributed by atoms with E-state index < -0.39 is 0 Å². The zero-order valence-electron chi connectivity index (χ0n) is 22.6. The fourth-order valence-electron chi connectivity index (χ4n) is 6.09. The third kappa shape index (κ3) is 5.53. The summed E-state index contributed by atoms with van der Waals surface area (Å²) in [6.45, 7) is 5.73. The van der Waals surface area contributed by atoms with Crippen LogP contribution in [0.2, 0.25) is 0 Å². The molecule has 208 valence electrons. The van der Waals surface area contributed by atoms with Crippen molar-refractivity contribution in [2.24, 2.45) is 5.92 Å². The average Bonchev–Trinajstić information content (AvgIpc) is 3.52. The number of hydrogen-bond acceptors (Lipinski definition) is 9. The Morgan fingerprint density at radius 2 is 2.13 bits per heavy atom. The highest BCUT2D eigenvalue weighted by Crippen LogP contribution is 2.41. The SMILES string of the molecule is COc1c(-c2ccc(CO[C@H]3CCC[C@@H]3O)nc2)ccc2nc(NC(=O)C3CC(N4CCNCC4C)C3)sc12. The first-order valence-corrected chi connectivity index (χ1v) is 14.8. The molecule has 1 saturated heterocycles. The van der Waals surface area contributed by atoms with Crippen LogP contribution in [0, 0.1) is 5.92 Å². The minimum absolute atomic E-state index is 0.0343. The third-order valence-electron chi connectivity index (χ3n) is 8.45. The molecule has 3 fully saturated rings. The number of aliphatic hydroxyl groups is 1. The number of anilines is 1. The number of amides is 1. The summed E-state index contributed by atoms with van der Waals surface area (Å²) in [5, 5.41) is 17.1. The van der Waals surface area contributed by atoms with Crippen molar-refractivity contribution in [3.8, 4) is 16.9 Å². The van der Waals surface area contributed by atoms with Crippen LogP contribution in [-0.2, 0) is 16.1 Å². The van der Waals surface area contributed by atoms with Gasteiger partial charge in [-0.25, -0.2) is 4.98 Å². The number of aromatic nitrogens is 2. The lowest BCUT2D eigenvalue weighted by molar-refractivity contribution is -0.125. The molecule has 3 heterocycles. The van der Waals surface area contributed by atoms with Crippen LogP contribution >= 0.6 is 11.3 Å². The summed E-state index contributed by atoms with van der Waals surface area (Å²) in [5.41, 5.74) is 3.47. The number of piperazine rings is 1. The molecule has 2 aliphatic carbocycles. The molecule has 9 nitrogen and oxygen atoms in total. The number of benzene rings is 1. The summed E-state index contributed by atoms with van der Waals surface area (Å²) in [5.74, 6) is 0.813. The molecule has 3 atom stereocenters. The van der Waals surface area contributed by atoms with Crippen LogP contribution in [0.5, 0.6) is 5.75 Å². The predicted molar refractivity (Wildman–Crippen MR) is 152 cm³/mol. The molecule has 0 spiro atoms. The smallest absolute Gasteiger partial charge is 0.229 e. The van der Waals surface area contributed by atoms with Crippen LogP contribution in [-0.4, -0.2) is 76.9 Å². The van der Waals surface area contributed by atoms with E-state index in [2.05, 4.69) is 32.4 Å². The fourth-order valence-corrected chi connectivity index (χ4v) is 7.09. The van der Waals surface area contributed by atoms with E-state index in [1.807, 2.05) is 30.5 Å². The van der Waals surface area contributed by atoms with E-state index >= 15 is 0 Å². The number of aliphatic hydroxyl groups excluding tert-OH is 1. The Bertz CT molecular complexity index is 1310. The zero-order chi connectivity index (χ0) is 26.9. The van der Waals surface area contributed by atoms with Crippen molar-refractivity contribution in [2.45, 2.75) is 69.9 Å². The van der Waals surface area contributed by atoms with Crippen molar-refractivity contribution in [1.29, 1.82) is 0 Å². The molecule has 3 aliphatic rings. The van der Waals surface area contributed by atoms with Crippen molar-refractivity contribution in [3.05, 3.63) is 36.2 Å². The van der Waals surface area contributed by atoms with Gasteiger partial charge < -0.3 is 25.2 Å². The molecule has 10 heteroatoms. The van der Waals surface area contributed by atoms with Crippen molar-refractivity contribution in [2.75, 3.05) is 32.1 Å². The number of hydrogen-bond donors (Lipinski definition) is 3. The van der Waals surface area contributed by atoms with Gasteiger partial charge in [-0.2, -0.15) is 0 Å². The van der Waals surface area contributed by atoms with Crippen molar-refractivity contribution >= 4 is 32.6 Å². The standard InChI is InChI=1S/C29H37N5O4S/c1-17-14-30-10-11-34(17)21-12-19(13-21)28(36)33-29-32-23-9-8-22(26(37-2)27(23)39-29)18-6-7-20(31-15-18)16-38-25-5-3-4-24(25)35/h6-9,15,17,19,21,24-25,30,35H,3-5,10-14,16H2,1-2H3,(H,32,33,36)/t17?,19?,21?,24-,25-/m0/s1. The number of pyridine rings is 1. The summed E-state index contributed by atoms with van der Waals surface area (Å²) in [6.07, 6.45) is 5.86. The number of rotatable bonds is 8. The number of methoxy groups -OCH3 is 1. The van der Waals surface area contributed by atoms with Gasteiger partial charge in [-0.15, -0.1) is 0 Å². The minimum atomic E-state index is -0.374. The molecule has 1 amide bonds. The Hall–Kier alpha value is -2.63. The molecule has 3 aromatic rings. The lowest BCUT2D eigenvalue weighted by atomic mass is 9.78. The van der Waals surface area contributed by atoms with Gasteiger partial charge in [0.25, 0.3) is 0 Å². The molecule has 1 aliphatic heterocycles. The maximum Gasteiger partial charge on any atom is 0.229 e. The van der Waals surface area contributed by atoms with Crippen molar-refractivity contribution < 1.29 is 19.4 Å². The summed E-state index contributed by atoms with van der Waals surface area (Å²) < 4.78 is 12.6. The predicted octanol–water partition coefficient (Wildman–Crippen LogP) is 3.81. The van der Waals surface area contributed by atoms with Gasteiger partial charge in [-0.05, 0) is 57.2 Å². The lowest BCUT2D eigenvalue weighted by Gasteiger charge is -2.47. The summed E-state index contributed by atoms with van der Waals surface area (Å²) in [6, 6.07) is 8.92. The summed E-state index contributed by atoms with van der Waals surface area (Å²) in [7, 11) is 1.66. The molecule has 1 aromatic carbocycles. The second kappa shape index (κ2) is 11.5. The third-order valence-corrected chi connectivity index (χ3v) is 9.44. The maximum absolute atomic E-state index is 13.0. The van der Waals surface area contributed by atoms with E-state index in [0.717, 1.165) is 84.5 Å². The van der Waals surface area contributed by atoms with E-state index in [-0.39, 0.29) is 24.0 Å². The molecule has 1 unspecified atom stereocenters. The van der Waals surface area contributed by atoms with E-state index in [1.165, 1.54) is 11.3 Å². The molecule has 6 rings (SSSR count). The fraction of sp³-hybridized carbons (Fsp3) is 0.552. The van der Waals surface area contributed by atoms with Crippen LogP contribution < -0.4 is 15.4 Å². The van der Waals surface area contributed by atoms with Gasteiger partial charge in [0, 0.05) is 55.0 Å². The number of ether oxygens (including phenoxy) is 2. The number of carbonyl (C=O) groups excluding carboxylic acids is 1. The van der Waals surface area contributed by atoms with Crippen molar-refractivity contribution in [3.63, 3.8) is 0 Å². The van der Waals surface area contributed by atoms with Crippen LogP contribution in [0.25, 0.3) is 21.3 Å². The second-order valence-corrected chi connectivity index (χ2v) is 12.0. The largest absolute Gasteiger partial charge is 0.495 e. The number of thiazole rings is 1. The van der Waals surface area contributed by atoms with E-state index in [0.29, 0.717) is 23.8 Å². The highest BCUT2D eigenvalue weighted by atomic mass is 32.1. The number of nitrogens with zero attached hydrogens (tertiary/aromatic N) is 3. The molecule has 0 radical (unpaired) electrons. The van der Waals surface area contributed by atoms with Crippen molar-refractivity contribution in [1.82, 2.24) is 20.2 Å². The first-order chi connectivity index (χ1) is 19.0. The number of nitrogens with one attached hydrogen (secondary N) is 2. The zero-order valence-corrected chi connectivity index (χ0v) is 23.4. The molecule has 0 bridgehead atoms. The van der Waals surface area contributed by atoms with Gasteiger partial charge in [0.2, 0.25) is 5.91 Å². The second-order valence-electron chi connectivity index (χ2n) is 11.0. The quantitative estimate of drug-likeness (QED) is 0.388. The molecular weight excluding hydrogens is 514 g/mol. The van der Waals surface area contributed by atoms with Crippen LogP contribution in [0.4, 0.5) is 5.13 Å². The van der Waals surface area contributed by atoms with E-state index in [4.69, 9.17) is 9.47 Å². The Morgan fingerprint density at radius 1 is 1.26 bits per heavy atom. The Labute approximate surface area is 232 Å². The topological polar surface area (TPSA) is 109 Å². The first kappa shape index (κ1) is 26.6. The molecule has 39 heavy (non-hydrogen) atoms. The van der Waals surface area contributed by atoms with Gasteiger partial charge in [0.15, 0.2) is 5.13 Å². The minimum Gasteiger partial charge on any atom is -0.495 e. The lowest BCUT2D eigenvalue weighted by Crippen LogP contribution is -2.58. The van der Waals surface area contributed by atoms with Crippen LogP contribution in [0.3, 0.4) is 0 Å². The number of carbonyl (C=O) groups is 1. The highest BCUT2D eigenvalue weighted by molar-refractivity contribution is 7.22. The van der Waals surface area contributed by atoms with Gasteiger partial charge in [-0.1, -0.05) is 17.4 Å². The Balaban J connectivity index is 1.11. The van der Waals surface area contributed by atoms with E-state index in [1.54, 1.807) is 7.11 Å². The number of fused-ring (bicyclic) bond motifs is 1. The van der Waals surface area contributed by atoms with Gasteiger partial charge in [-0.3, -0.25) is 14.7 Å². The normalized spacial score (nSPS) is 27.4. The van der Waals surface area contributed by atoms with Crippen LogP contribution in [0.1, 0.15) is 44.7 Å². The van der Waals surface area contributed by atoms with E-state index in [9.17, 15) is 9.90 Å². The molecule has 3 N–H and O–H groups in total. The van der Waals surface area contributed by atoms with Gasteiger partial charge in [0.05, 0.1) is 41.8 Å². The first-order valence-electron chi connectivity index (χ1n) is 14.0. The van der Waals surface area contributed by atoms with Crippen LogP contribution in [0.15, 0.2) is 30.5 Å². The maximum atomic E-state index is 13.0. The molecule has 2 saturated carbocycles. The molecule has 2 aromatic heterocycles. The Kier molecular flexibility index (Phi) is 7.82. The Morgan fingerprint density at radius 3 is 2.85 bits per heavy atom. The summed E-state index contributed by atoms with van der Waals surface area (Å²) >= 11 is 1.44. The van der Waals surface area contributed by atoms with Gasteiger partial charge in [0.1, 0.15) is 5.75 Å². The van der Waals surface area contributed by atoms with Gasteiger partial charge >= 0.3 is 0 Å². The highest BCUT2D eigenvalue weighted by Gasteiger charge is 2.40.